The van der Waals surface area contributed by atoms with Crippen molar-refractivity contribution in [2.24, 2.45) is 5.92 Å². The van der Waals surface area contributed by atoms with Gasteiger partial charge in [-0.1, -0.05) is 32.9 Å². The Morgan fingerprint density at radius 2 is 1.90 bits per heavy atom. The molecule has 2 atom stereocenters. The van der Waals surface area contributed by atoms with Gasteiger partial charge in [-0.2, -0.15) is 0 Å². The number of hydrogen-bond donors (Lipinski definition) is 1. The van der Waals surface area contributed by atoms with E-state index in [1.165, 1.54) is 0 Å². The van der Waals surface area contributed by atoms with Crippen LogP contribution in [0.4, 0.5) is 0 Å². The molecule has 1 aliphatic heterocycles. The first-order chi connectivity index (χ1) is 10.1. The first-order valence-corrected chi connectivity index (χ1v) is 7.86. The van der Waals surface area contributed by atoms with Gasteiger partial charge >= 0.3 is 0 Å². The van der Waals surface area contributed by atoms with E-state index in [2.05, 4.69) is 19.2 Å². The van der Waals surface area contributed by atoms with E-state index in [9.17, 15) is 4.79 Å². The summed E-state index contributed by atoms with van der Waals surface area (Å²) >= 11 is 0. The van der Waals surface area contributed by atoms with Crippen LogP contribution in [-0.4, -0.2) is 30.0 Å². The van der Waals surface area contributed by atoms with E-state index < -0.39 is 0 Å². The minimum absolute atomic E-state index is 0.0273. The lowest BCUT2D eigenvalue weighted by Gasteiger charge is -2.26. The minimum Gasteiger partial charge on any atom is -0.494 e. The maximum atomic E-state index is 12.5. The van der Waals surface area contributed by atoms with Crippen molar-refractivity contribution in [3.63, 3.8) is 0 Å². The largest absolute Gasteiger partial charge is 0.494 e. The molecule has 0 aliphatic carbocycles. The van der Waals surface area contributed by atoms with Crippen LogP contribution in [-0.2, 0) is 4.79 Å². The first kappa shape index (κ1) is 15.8. The monoisotopic (exact) mass is 290 g/mol. The van der Waals surface area contributed by atoms with Crippen molar-refractivity contribution >= 4 is 5.91 Å². The molecule has 21 heavy (non-hydrogen) atoms. The zero-order valence-corrected chi connectivity index (χ0v) is 13.4. The quantitative estimate of drug-likeness (QED) is 0.876. The molecule has 0 aromatic heterocycles. The molecule has 1 fully saturated rings. The molecule has 1 aromatic carbocycles. The molecule has 4 nitrogen and oxygen atoms in total. The Hall–Kier alpha value is -1.55. The van der Waals surface area contributed by atoms with Crippen LogP contribution in [0.2, 0.25) is 0 Å². The Bertz CT molecular complexity index is 470. The van der Waals surface area contributed by atoms with Crippen LogP contribution >= 0.6 is 0 Å². The summed E-state index contributed by atoms with van der Waals surface area (Å²) in [6.07, 6.45) is 0.793. The second-order valence-corrected chi connectivity index (χ2v) is 5.92. The first-order valence-electron chi connectivity index (χ1n) is 7.86. The number of hydrogen-bond acceptors (Lipinski definition) is 3. The number of benzene rings is 1. The fourth-order valence-corrected chi connectivity index (χ4v) is 2.75. The van der Waals surface area contributed by atoms with Crippen molar-refractivity contribution in [2.75, 3.05) is 13.2 Å². The molecule has 1 aromatic rings. The van der Waals surface area contributed by atoms with Crippen LogP contribution in [0.25, 0.3) is 0 Å². The summed E-state index contributed by atoms with van der Waals surface area (Å²) in [7, 11) is 0. The van der Waals surface area contributed by atoms with Gasteiger partial charge in [0.1, 0.15) is 11.9 Å². The van der Waals surface area contributed by atoms with Crippen LogP contribution in [0, 0.1) is 5.92 Å². The van der Waals surface area contributed by atoms with Crippen molar-refractivity contribution in [3.8, 4) is 5.75 Å². The number of amides is 1. The third-order valence-corrected chi connectivity index (χ3v) is 3.73. The van der Waals surface area contributed by atoms with E-state index in [4.69, 9.17) is 4.74 Å². The van der Waals surface area contributed by atoms with E-state index in [1.807, 2.05) is 43.0 Å². The molecule has 0 radical (unpaired) electrons. The second-order valence-electron chi connectivity index (χ2n) is 5.92. The Morgan fingerprint density at radius 3 is 2.43 bits per heavy atom. The van der Waals surface area contributed by atoms with Crippen LogP contribution < -0.4 is 10.1 Å². The van der Waals surface area contributed by atoms with Gasteiger partial charge in [0.25, 0.3) is 0 Å². The predicted octanol–water partition coefficient (Wildman–Crippen LogP) is 2.95. The minimum atomic E-state index is -0.0691. The Kier molecular flexibility index (Phi) is 5.23. The van der Waals surface area contributed by atoms with Crippen molar-refractivity contribution < 1.29 is 9.53 Å². The Labute approximate surface area is 127 Å². The zero-order valence-electron chi connectivity index (χ0n) is 13.4. The summed E-state index contributed by atoms with van der Waals surface area (Å²) in [5.41, 5.74) is 1.11. The van der Waals surface area contributed by atoms with E-state index in [-0.39, 0.29) is 18.1 Å². The van der Waals surface area contributed by atoms with Crippen molar-refractivity contribution in [1.82, 2.24) is 10.2 Å². The molecule has 2 rings (SSSR count). The maximum Gasteiger partial charge on any atom is 0.241 e. The normalized spacial score (nSPS) is 22.1. The standard InChI is InChI=1S/C17H26N2O2/c1-5-15-17(20)19(11-12(3)4)16(18-15)13-7-9-14(10-8-13)21-6-2/h7-10,12,15-16,18H,5-6,11H2,1-4H3. The van der Waals surface area contributed by atoms with Crippen molar-refractivity contribution in [2.45, 2.75) is 46.3 Å². The van der Waals surface area contributed by atoms with Gasteiger partial charge in [0, 0.05) is 6.54 Å². The Balaban J connectivity index is 2.20. The van der Waals surface area contributed by atoms with Crippen LogP contribution in [0.3, 0.4) is 0 Å². The average Bonchev–Trinajstić information content (AvgIpc) is 2.77. The third-order valence-electron chi connectivity index (χ3n) is 3.73. The maximum absolute atomic E-state index is 12.5. The van der Waals surface area contributed by atoms with Gasteiger partial charge in [0.15, 0.2) is 0 Å². The van der Waals surface area contributed by atoms with Gasteiger partial charge in [-0.25, -0.2) is 0 Å². The summed E-state index contributed by atoms with van der Waals surface area (Å²) in [6.45, 7) is 9.74. The number of carbonyl (C=O) groups excluding carboxylic acids is 1. The molecule has 116 valence electrons. The molecular formula is C17H26N2O2. The van der Waals surface area contributed by atoms with Gasteiger partial charge in [-0.05, 0) is 37.0 Å². The van der Waals surface area contributed by atoms with Gasteiger partial charge in [0.2, 0.25) is 5.91 Å². The lowest BCUT2D eigenvalue weighted by Crippen LogP contribution is -2.34. The van der Waals surface area contributed by atoms with Gasteiger partial charge in [-0.3, -0.25) is 10.1 Å². The number of nitrogens with one attached hydrogen (secondary N) is 1. The molecule has 4 heteroatoms. The van der Waals surface area contributed by atoms with Gasteiger partial charge in [-0.15, -0.1) is 0 Å². The lowest BCUT2D eigenvalue weighted by atomic mass is 10.1. The molecule has 1 saturated heterocycles. The summed E-state index contributed by atoms with van der Waals surface area (Å²) < 4.78 is 5.48. The zero-order chi connectivity index (χ0) is 15.4. The highest BCUT2D eigenvalue weighted by molar-refractivity contribution is 5.84. The Morgan fingerprint density at radius 1 is 1.24 bits per heavy atom. The average molecular weight is 290 g/mol. The topological polar surface area (TPSA) is 41.6 Å². The van der Waals surface area contributed by atoms with Crippen molar-refractivity contribution in [1.29, 1.82) is 0 Å². The third kappa shape index (κ3) is 3.56. The summed E-state index contributed by atoms with van der Waals surface area (Å²) in [4.78, 5) is 14.4. The van der Waals surface area contributed by atoms with E-state index in [0.717, 1.165) is 24.3 Å². The molecular weight excluding hydrogens is 264 g/mol. The highest BCUT2D eigenvalue weighted by Crippen LogP contribution is 2.28. The number of ether oxygens (including phenoxy) is 1. The van der Waals surface area contributed by atoms with E-state index in [0.29, 0.717) is 12.5 Å². The fourth-order valence-electron chi connectivity index (χ4n) is 2.75. The summed E-state index contributed by atoms with van der Waals surface area (Å²) in [5.74, 6) is 1.54. The smallest absolute Gasteiger partial charge is 0.241 e. The molecule has 1 amide bonds. The second kappa shape index (κ2) is 6.94. The van der Waals surface area contributed by atoms with Crippen LogP contribution in [0.5, 0.6) is 5.75 Å². The van der Waals surface area contributed by atoms with Crippen LogP contribution in [0.15, 0.2) is 24.3 Å². The SMILES string of the molecule is CCOc1ccc(C2NC(CC)C(=O)N2CC(C)C)cc1. The molecule has 1 aliphatic rings. The molecule has 0 saturated carbocycles. The molecule has 0 spiro atoms. The predicted molar refractivity (Wildman–Crippen MR) is 84.1 cm³/mol. The molecule has 2 unspecified atom stereocenters. The molecule has 1 heterocycles. The highest BCUT2D eigenvalue weighted by atomic mass is 16.5. The fraction of sp³-hybridized carbons (Fsp3) is 0.588. The summed E-state index contributed by atoms with van der Waals surface area (Å²) in [5, 5.41) is 3.45. The van der Waals surface area contributed by atoms with Crippen LogP contribution in [0.1, 0.15) is 45.8 Å². The molecule has 1 N–H and O–H groups in total. The molecule has 0 bridgehead atoms. The van der Waals surface area contributed by atoms with E-state index >= 15 is 0 Å². The number of carbonyl (C=O) groups is 1. The number of nitrogens with zero attached hydrogens (tertiary/aromatic N) is 1. The van der Waals surface area contributed by atoms with Gasteiger partial charge in [0.05, 0.1) is 12.6 Å². The van der Waals surface area contributed by atoms with Gasteiger partial charge < -0.3 is 9.64 Å². The number of rotatable bonds is 6. The van der Waals surface area contributed by atoms with Crippen molar-refractivity contribution in [3.05, 3.63) is 29.8 Å². The lowest BCUT2D eigenvalue weighted by molar-refractivity contribution is -0.130. The summed E-state index contributed by atoms with van der Waals surface area (Å²) in [6, 6.07) is 7.96. The highest BCUT2D eigenvalue weighted by Gasteiger charge is 2.38. The van der Waals surface area contributed by atoms with E-state index in [1.54, 1.807) is 0 Å².